The number of nitrogens with one attached hydrogen (secondary N) is 1. The second kappa shape index (κ2) is 7.86. The van der Waals surface area contributed by atoms with Gasteiger partial charge in [-0.2, -0.15) is 5.10 Å². The number of carbonyl (C=O) groups is 2. The van der Waals surface area contributed by atoms with Crippen molar-refractivity contribution in [2.75, 3.05) is 7.11 Å². The van der Waals surface area contributed by atoms with E-state index in [1.165, 1.54) is 7.11 Å². The fourth-order valence-corrected chi connectivity index (χ4v) is 2.11. The minimum Gasteiger partial charge on any atom is -0.469 e. The molecule has 0 radical (unpaired) electrons. The molecule has 2 rings (SSSR count). The maximum absolute atomic E-state index is 12.2. The van der Waals surface area contributed by atoms with Crippen LogP contribution in [0.5, 0.6) is 0 Å². The molecule has 1 aromatic heterocycles. The molecule has 0 aliphatic carbocycles. The highest BCUT2D eigenvalue weighted by molar-refractivity contribution is 5.78. The van der Waals surface area contributed by atoms with E-state index >= 15 is 0 Å². The van der Waals surface area contributed by atoms with Gasteiger partial charge >= 0.3 is 11.7 Å². The first-order valence-corrected chi connectivity index (χ1v) is 7.07. The summed E-state index contributed by atoms with van der Waals surface area (Å²) in [6.45, 7) is -0.196. The number of rotatable bonds is 7. The van der Waals surface area contributed by atoms with Gasteiger partial charge in [0, 0.05) is 0 Å². The van der Waals surface area contributed by atoms with Gasteiger partial charge in [0.15, 0.2) is 0 Å². The van der Waals surface area contributed by atoms with Crippen LogP contribution in [0.15, 0.2) is 42.7 Å². The van der Waals surface area contributed by atoms with Crippen molar-refractivity contribution in [2.24, 2.45) is 0 Å². The van der Waals surface area contributed by atoms with Crippen molar-refractivity contribution in [3.8, 4) is 0 Å². The predicted octanol–water partition coefficient (Wildman–Crippen LogP) is 1.21. The van der Waals surface area contributed by atoms with Crippen molar-refractivity contribution >= 4 is 17.6 Å². The molecule has 0 aliphatic heterocycles. The van der Waals surface area contributed by atoms with Crippen molar-refractivity contribution < 1.29 is 19.2 Å². The Morgan fingerprint density at radius 3 is 2.67 bits per heavy atom. The second-order valence-electron chi connectivity index (χ2n) is 4.96. The normalized spacial score (nSPS) is 11.5. The molecule has 24 heavy (non-hydrogen) atoms. The van der Waals surface area contributed by atoms with E-state index in [9.17, 15) is 19.7 Å². The van der Waals surface area contributed by atoms with Gasteiger partial charge in [-0.1, -0.05) is 30.3 Å². The Bertz CT molecular complexity index is 728. The van der Waals surface area contributed by atoms with Crippen LogP contribution in [0.3, 0.4) is 0 Å². The van der Waals surface area contributed by atoms with Gasteiger partial charge in [0.1, 0.15) is 18.9 Å². The van der Waals surface area contributed by atoms with Crippen LogP contribution in [0.2, 0.25) is 0 Å². The molecule has 1 heterocycles. The topological polar surface area (TPSA) is 116 Å². The Morgan fingerprint density at radius 2 is 2.08 bits per heavy atom. The van der Waals surface area contributed by atoms with Crippen LogP contribution in [0, 0.1) is 10.1 Å². The molecule has 0 spiro atoms. The van der Waals surface area contributed by atoms with E-state index in [1.807, 2.05) is 6.07 Å². The summed E-state index contributed by atoms with van der Waals surface area (Å²) in [5.74, 6) is -0.885. The summed E-state index contributed by atoms with van der Waals surface area (Å²) < 4.78 is 5.81. The van der Waals surface area contributed by atoms with E-state index in [1.54, 1.807) is 24.3 Å². The average Bonchev–Trinajstić information content (AvgIpc) is 3.03. The number of methoxy groups -OCH3 is 1. The molecule has 1 aromatic carbocycles. The first-order chi connectivity index (χ1) is 11.5. The lowest BCUT2D eigenvalue weighted by Crippen LogP contribution is -2.33. The maximum Gasteiger partial charge on any atom is 0.307 e. The fraction of sp³-hybridized carbons (Fsp3) is 0.267. The molecule has 0 fully saturated rings. The zero-order chi connectivity index (χ0) is 17.5. The number of nitrogens with zero attached hydrogens (tertiary/aromatic N) is 3. The second-order valence-corrected chi connectivity index (χ2v) is 4.96. The fourth-order valence-electron chi connectivity index (χ4n) is 2.11. The number of hydrogen-bond donors (Lipinski definition) is 1. The highest BCUT2D eigenvalue weighted by Crippen LogP contribution is 2.17. The number of ether oxygens (including phenoxy) is 1. The number of aromatic nitrogens is 2. The van der Waals surface area contributed by atoms with Crippen LogP contribution >= 0.6 is 0 Å². The van der Waals surface area contributed by atoms with Crippen molar-refractivity contribution in [3.05, 3.63) is 58.4 Å². The number of amides is 1. The number of benzene rings is 1. The van der Waals surface area contributed by atoms with Gasteiger partial charge in [-0.25, -0.2) is 0 Å². The van der Waals surface area contributed by atoms with Crippen LogP contribution in [0.1, 0.15) is 18.0 Å². The van der Waals surface area contributed by atoms with Gasteiger partial charge in [-0.3, -0.25) is 24.4 Å². The summed E-state index contributed by atoms with van der Waals surface area (Å²) >= 11 is 0. The van der Waals surface area contributed by atoms with Gasteiger partial charge in [-0.15, -0.1) is 0 Å². The quantitative estimate of drug-likeness (QED) is 0.463. The minimum atomic E-state index is -0.592. The number of esters is 1. The third-order valence-corrected chi connectivity index (χ3v) is 3.27. The molecule has 1 N–H and O–H groups in total. The molecule has 0 aliphatic rings. The summed E-state index contributed by atoms with van der Waals surface area (Å²) in [4.78, 5) is 33.7. The maximum atomic E-state index is 12.2. The minimum absolute atomic E-state index is 0.0223. The average molecular weight is 332 g/mol. The Morgan fingerprint density at radius 1 is 1.38 bits per heavy atom. The first-order valence-electron chi connectivity index (χ1n) is 7.07. The number of nitro groups is 1. The van der Waals surface area contributed by atoms with E-state index in [4.69, 9.17) is 0 Å². The standard InChI is InChI=1S/C15H16N4O5/c1-24-15(21)7-13(11-5-3-2-4-6-11)17-14(20)10-18-9-12(8-16-18)19(22)23/h2-6,8-9,13H,7,10H2,1H3,(H,17,20)/t13-/m1/s1. The molecule has 0 saturated carbocycles. The first kappa shape index (κ1) is 17.1. The smallest absolute Gasteiger partial charge is 0.307 e. The molecular formula is C15H16N4O5. The summed E-state index contributed by atoms with van der Waals surface area (Å²) in [5, 5.41) is 17.1. The van der Waals surface area contributed by atoms with Crippen LogP contribution in [-0.4, -0.2) is 33.7 Å². The van der Waals surface area contributed by atoms with Gasteiger partial charge in [0.05, 0.1) is 24.5 Å². The highest BCUT2D eigenvalue weighted by atomic mass is 16.6. The van der Waals surface area contributed by atoms with E-state index in [-0.39, 0.29) is 18.7 Å². The highest BCUT2D eigenvalue weighted by Gasteiger charge is 2.19. The molecule has 9 heteroatoms. The summed E-state index contributed by atoms with van der Waals surface area (Å²) in [7, 11) is 1.27. The summed E-state index contributed by atoms with van der Waals surface area (Å²) in [6, 6.07) is 8.42. The Hall–Kier alpha value is -3.23. The van der Waals surface area contributed by atoms with Gasteiger partial charge < -0.3 is 10.1 Å². The third kappa shape index (κ3) is 4.63. The molecule has 0 saturated heterocycles. The molecule has 1 atom stereocenters. The Balaban J connectivity index is 2.06. The predicted molar refractivity (Wildman–Crippen MR) is 82.8 cm³/mol. The molecular weight excluding hydrogens is 316 g/mol. The molecule has 0 bridgehead atoms. The summed E-state index contributed by atoms with van der Waals surface area (Å²) in [6.07, 6.45) is 2.21. The van der Waals surface area contributed by atoms with E-state index in [0.717, 1.165) is 22.6 Å². The lowest BCUT2D eigenvalue weighted by Gasteiger charge is -2.18. The largest absolute Gasteiger partial charge is 0.469 e. The van der Waals surface area contributed by atoms with Gasteiger partial charge in [0.25, 0.3) is 0 Å². The Labute approximate surface area is 137 Å². The van der Waals surface area contributed by atoms with E-state index in [2.05, 4.69) is 15.2 Å². The van der Waals surface area contributed by atoms with Crippen LogP contribution in [0.4, 0.5) is 5.69 Å². The van der Waals surface area contributed by atoms with Gasteiger partial charge in [0.2, 0.25) is 5.91 Å². The van der Waals surface area contributed by atoms with Crippen LogP contribution in [-0.2, 0) is 20.9 Å². The van der Waals surface area contributed by atoms with Crippen LogP contribution < -0.4 is 5.32 Å². The van der Waals surface area contributed by atoms with Gasteiger partial charge in [-0.05, 0) is 5.56 Å². The van der Waals surface area contributed by atoms with Crippen molar-refractivity contribution in [1.29, 1.82) is 0 Å². The zero-order valence-electron chi connectivity index (χ0n) is 12.9. The number of carbonyl (C=O) groups excluding carboxylic acids is 2. The van der Waals surface area contributed by atoms with Crippen LogP contribution in [0.25, 0.3) is 0 Å². The monoisotopic (exact) mass is 332 g/mol. The molecule has 9 nitrogen and oxygen atoms in total. The lowest BCUT2D eigenvalue weighted by molar-refractivity contribution is -0.385. The van der Waals surface area contributed by atoms with E-state index in [0.29, 0.717) is 0 Å². The molecule has 2 aromatic rings. The summed E-state index contributed by atoms with van der Waals surface area (Å²) in [5.41, 5.74) is 0.555. The molecule has 0 unspecified atom stereocenters. The molecule has 1 amide bonds. The molecule has 126 valence electrons. The SMILES string of the molecule is COC(=O)C[C@@H](NC(=O)Cn1cc([N+](=O)[O-])cn1)c1ccccc1. The number of hydrogen-bond acceptors (Lipinski definition) is 6. The zero-order valence-corrected chi connectivity index (χ0v) is 12.9. The van der Waals surface area contributed by atoms with Crippen molar-refractivity contribution in [3.63, 3.8) is 0 Å². The third-order valence-electron chi connectivity index (χ3n) is 3.27. The van der Waals surface area contributed by atoms with Crippen molar-refractivity contribution in [2.45, 2.75) is 19.0 Å². The Kier molecular flexibility index (Phi) is 5.61. The van der Waals surface area contributed by atoms with Crippen molar-refractivity contribution in [1.82, 2.24) is 15.1 Å². The van der Waals surface area contributed by atoms with E-state index < -0.39 is 22.8 Å². The lowest BCUT2D eigenvalue weighted by atomic mass is 10.0.